The first kappa shape index (κ1) is 17.4. The monoisotopic (exact) mass is 288 g/mol. The summed E-state index contributed by atoms with van der Waals surface area (Å²) in [5, 5.41) is 12.8. The standard InChI is InChI=1S/C14H28N2O4/c1-19-10-8-16(9-11-20-2)12-15-14(13(17)18)6-4-3-5-7-14/h15H,3-12H2,1-2H3,(H,17,18). The molecule has 0 bridgehead atoms. The number of hydrogen-bond acceptors (Lipinski definition) is 5. The summed E-state index contributed by atoms with van der Waals surface area (Å²) in [6.45, 7) is 3.35. The molecule has 20 heavy (non-hydrogen) atoms. The lowest BCUT2D eigenvalue weighted by Crippen LogP contribution is -2.56. The summed E-state index contributed by atoms with van der Waals surface area (Å²) in [6, 6.07) is 0. The summed E-state index contributed by atoms with van der Waals surface area (Å²) in [6.07, 6.45) is 4.52. The maximum atomic E-state index is 11.6. The molecule has 0 aliphatic heterocycles. The van der Waals surface area contributed by atoms with Gasteiger partial charge in [-0.1, -0.05) is 19.3 Å². The van der Waals surface area contributed by atoms with Gasteiger partial charge in [-0.05, 0) is 12.8 Å². The zero-order valence-corrected chi connectivity index (χ0v) is 12.7. The molecular formula is C14H28N2O4. The van der Waals surface area contributed by atoms with E-state index in [2.05, 4.69) is 10.2 Å². The Bertz CT molecular complexity index is 272. The molecule has 0 aromatic rings. The fourth-order valence-electron chi connectivity index (χ4n) is 2.60. The van der Waals surface area contributed by atoms with Crippen molar-refractivity contribution in [1.29, 1.82) is 0 Å². The van der Waals surface area contributed by atoms with E-state index in [0.29, 0.717) is 32.7 Å². The average molecular weight is 288 g/mol. The van der Waals surface area contributed by atoms with Crippen LogP contribution in [0, 0.1) is 0 Å². The molecule has 0 saturated heterocycles. The highest BCUT2D eigenvalue weighted by molar-refractivity contribution is 5.78. The third-order valence-corrected chi connectivity index (χ3v) is 3.98. The molecule has 1 fully saturated rings. The van der Waals surface area contributed by atoms with Gasteiger partial charge in [-0.3, -0.25) is 15.0 Å². The number of methoxy groups -OCH3 is 2. The second-order valence-electron chi connectivity index (χ2n) is 5.39. The fourth-order valence-corrected chi connectivity index (χ4v) is 2.60. The lowest BCUT2D eigenvalue weighted by Gasteiger charge is -2.36. The highest BCUT2D eigenvalue weighted by Gasteiger charge is 2.39. The first-order chi connectivity index (χ1) is 9.64. The number of nitrogens with zero attached hydrogens (tertiary/aromatic N) is 1. The molecule has 0 spiro atoms. The number of carboxylic acids is 1. The summed E-state index contributed by atoms with van der Waals surface area (Å²) >= 11 is 0. The Morgan fingerprint density at radius 3 is 2.15 bits per heavy atom. The SMILES string of the molecule is COCCN(CCOC)CNC1(C(=O)O)CCCCC1. The molecule has 6 heteroatoms. The number of rotatable bonds is 10. The average Bonchev–Trinajstić information content (AvgIpc) is 2.47. The van der Waals surface area contributed by atoms with Gasteiger partial charge in [-0.25, -0.2) is 0 Å². The zero-order chi connectivity index (χ0) is 14.8. The van der Waals surface area contributed by atoms with E-state index in [1.54, 1.807) is 14.2 Å². The van der Waals surface area contributed by atoms with Gasteiger partial charge in [0.2, 0.25) is 0 Å². The Hall–Kier alpha value is -0.690. The first-order valence-electron chi connectivity index (χ1n) is 7.33. The normalized spacial score (nSPS) is 18.4. The van der Waals surface area contributed by atoms with E-state index >= 15 is 0 Å². The quantitative estimate of drug-likeness (QED) is 0.582. The van der Waals surface area contributed by atoms with Gasteiger partial charge in [-0.2, -0.15) is 0 Å². The van der Waals surface area contributed by atoms with E-state index in [1.807, 2.05) is 0 Å². The van der Waals surface area contributed by atoms with Crippen molar-refractivity contribution in [2.45, 2.75) is 37.6 Å². The minimum absolute atomic E-state index is 0.555. The van der Waals surface area contributed by atoms with Gasteiger partial charge in [-0.15, -0.1) is 0 Å². The minimum atomic E-state index is -0.753. The minimum Gasteiger partial charge on any atom is -0.480 e. The zero-order valence-electron chi connectivity index (χ0n) is 12.7. The number of aliphatic carboxylic acids is 1. The molecule has 0 heterocycles. The van der Waals surface area contributed by atoms with Crippen LogP contribution >= 0.6 is 0 Å². The summed E-state index contributed by atoms with van der Waals surface area (Å²) in [5.74, 6) is -0.726. The number of carboxylic acid groups (broad SMARTS) is 1. The van der Waals surface area contributed by atoms with Gasteiger partial charge < -0.3 is 14.6 Å². The van der Waals surface area contributed by atoms with Crippen LogP contribution in [0.15, 0.2) is 0 Å². The van der Waals surface area contributed by atoms with Crippen molar-refractivity contribution in [2.75, 3.05) is 47.2 Å². The molecule has 1 aliphatic carbocycles. The van der Waals surface area contributed by atoms with Gasteiger partial charge in [0, 0.05) is 34.0 Å². The Morgan fingerprint density at radius 2 is 1.70 bits per heavy atom. The molecule has 0 atom stereocenters. The third kappa shape index (κ3) is 5.36. The largest absolute Gasteiger partial charge is 0.480 e. The maximum absolute atomic E-state index is 11.6. The number of ether oxygens (including phenoxy) is 2. The summed E-state index contributed by atoms with van der Waals surface area (Å²) in [4.78, 5) is 13.7. The third-order valence-electron chi connectivity index (χ3n) is 3.98. The number of hydrogen-bond donors (Lipinski definition) is 2. The van der Waals surface area contributed by atoms with Crippen molar-refractivity contribution in [3.63, 3.8) is 0 Å². The van der Waals surface area contributed by atoms with Crippen LogP contribution in [-0.4, -0.2) is 68.7 Å². The Morgan fingerprint density at radius 1 is 1.15 bits per heavy atom. The predicted octanol–water partition coefficient (Wildman–Crippen LogP) is 0.916. The van der Waals surface area contributed by atoms with Crippen LogP contribution in [0.1, 0.15) is 32.1 Å². The van der Waals surface area contributed by atoms with E-state index < -0.39 is 11.5 Å². The van der Waals surface area contributed by atoms with Gasteiger partial charge in [0.1, 0.15) is 5.54 Å². The highest BCUT2D eigenvalue weighted by Crippen LogP contribution is 2.28. The molecule has 1 aliphatic rings. The molecule has 0 amide bonds. The van der Waals surface area contributed by atoms with Crippen LogP contribution in [0.3, 0.4) is 0 Å². The smallest absolute Gasteiger partial charge is 0.323 e. The van der Waals surface area contributed by atoms with Crippen LogP contribution in [0.25, 0.3) is 0 Å². The van der Waals surface area contributed by atoms with Crippen molar-refractivity contribution < 1.29 is 19.4 Å². The molecule has 0 unspecified atom stereocenters. The van der Waals surface area contributed by atoms with Crippen molar-refractivity contribution in [3.05, 3.63) is 0 Å². The van der Waals surface area contributed by atoms with E-state index in [9.17, 15) is 9.90 Å². The van der Waals surface area contributed by atoms with Crippen molar-refractivity contribution in [3.8, 4) is 0 Å². The van der Waals surface area contributed by atoms with Gasteiger partial charge >= 0.3 is 5.97 Å². The molecule has 0 aromatic carbocycles. The Balaban J connectivity index is 2.50. The Labute approximate surface area is 121 Å². The van der Waals surface area contributed by atoms with Crippen molar-refractivity contribution >= 4 is 5.97 Å². The first-order valence-corrected chi connectivity index (χ1v) is 7.33. The van der Waals surface area contributed by atoms with Gasteiger partial charge in [0.15, 0.2) is 0 Å². The summed E-state index contributed by atoms with van der Waals surface area (Å²) < 4.78 is 10.2. The molecule has 6 nitrogen and oxygen atoms in total. The second kappa shape index (κ2) is 9.28. The van der Waals surface area contributed by atoms with Crippen LogP contribution in [0.4, 0.5) is 0 Å². The molecule has 1 rings (SSSR count). The topological polar surface area (TPSA) is 71.0 Å². The van der Waals surface area contributed by atoms with E-state index in [4.69, 9.17) is 9.47 Å². The van der Waals surface area contributed by atoms with Crippen LogP contribution in [-0.2, 0) is 14.3 Å². The summed E-state index contributed by atoms with van der Waals surface area (Å²) in [5.41, 5.74) is -0.753. The number of carbonyl (C=O) groups is 1. The molecule has 1 saturated carbocycles. The number of nitrogens with one attached hydrogen (secondary N) is 1. The lowest BCUT2D eigenvalue weighted by molar-refractivity contribution is -0.146. The van der Waals surface area contributed by atoms with Crippen LogP contribution < -0.4 is 5.32 Å². The maximum Gasteiger partial charge on any atom is 0.323 e. The lowest BCUT2D eigenvalue weighted by atomic mass is 9.82. The van der Waals surface area contributed by atoms with E-state index in [0.717, 1.165) is 32.4 Å². The predicted molar refractivity (Wildman–Crippen MR) is 76.8 cm³/mol. The molecule has 0 aromatic heterocycles. The van der Waals surface area contributed by atoms with Crippen molar-refractivity contribution in [1.82, 2.24) is 10.2 Å². The van der Waals surface area contributed by atoms with Crippen molar-refractivity contribution in [2.24, 2.45) is 0 Å². The highest BCUT2D eigenvalue weighted by atomic mass is 16.5. The molecule has 0 radical (unpaired) electrons. The molecular weight excluding hydrogens is 260 g/mol. The van der Waals surface area contributed by atoms with Crippen LogP contribution in [0.2, 0.25) is 0 Å². The van der Waals surface area contributed by atoms with E-state index in [1.165, 1.54) is 0 Å². The van der Waals surface area contributed by atoms with Gasteiger partial charge in [0.05, 0.1) is 13.2 Å². The van der Waals surface area contributed by atoms with Crippen LogP contribution in [0.5, 0.6) is 0 Å². The van der Waals surface area contributed by atoms with Gasteiger partial charge in [0.25, 0.3) is 0 Å². The second-order valence-corrected chi connectivity index (χ2v) is 5.39. The summed E-state index contributed by atoms with van der Waals surface area (Å²) in [7, 11) is 3.34. The molecule has 118 valence electrons. The molecule has 2 N–H and O–H groups in total. The van der Waals surface area contributed by atoms with E-state index in [-0.39, 0.29) is 0 Å². The Kier molecular flexibility index (Phi) is 8.06. The fraction of sp³-hybridized carbons (Fsp3) is 0.929.